The van der Waals surface area contributed by atoms with Gasteiger partial charge >= 0.3 is 0 Å². The van der Waals surface area contributed by atoms with E-state index in [1.165, 1.54) is 12.1 Å². The minimum absolute atomic E-state index is 0.0606. The number of Topliss-reactive ketones (excluding diaryl/α,β-unsaturated/α-hetero) is 1. The van der Waals surface area contributed by atoms with Gasteiger partial charge in [0.25, 0.3) is 0 Å². The zero-order valence-electron chi connectivity index (χ0n) is 7.59. The standard InChI is InChI=1S/C11H10FNO/c1-2-7-13-8-11(14)9-5-3-4-6-10(9)12/h1,3-6,13H,7-8H2. The molecule has 0 saturated heterocycles. The largest absolute Gasteiger partial charge is 0.299 e. The van der Waals surface area contributed by atoms with Crippen molar-refractivity contribution < 1.29 is 9.18 Å². The fourth-order valence-electron chi connectivity index (χ4n) is 1.03. The van der Waals surface area contributed by atoms with Crippen LogP contribution >= 0.6 is 0 Å². The van der Waals surface area contributed by atoms with Gasteiger partial charge in [0, 0.05) is 0 Å². The van der Waals surface area contributed by atoms with E-state index in [9.17, 15) is 9.18 Å². The monoisotopic (exact) mass is 191 g/mol. The van der Waals surface area contributed by atoms with Crippen molar-refractivity contribution in [1.82, 2.24) is 5.32 Å². The van der Waals surface area contributed by atoms with E-state index in [-0.39, 0.29) is 17.9 Å². The number of halogens is 1. The van der Waals surface area contributed by atoms with E-state index in [0.29, 0.717) is 6.54 Å². The highest BCUT2D eigenvalue weighted by molar-refractivity contribution is 5.97. The molecule has 14 heavy (non-hydrogen) atoms. The van der Waals surface area contributed by atoms with Crippen LogP contribution in [-0.4, -0.2) is 18.9 Å². The van der Waals surface area contributed by atoms with Crippen molar-refractivity contribution in [3.8, 4) is 12.3 Å². The Morgan fingerprint density at radius 2 is 2.21 bits per heavy atom. The predicted octanol–water partition coefficient (Wildman–Crippen LogP) is 1.23. The van der Waals surface area contributed by atoms with Crippen molar-refractivity contribution in [3.63, 3.8) is 0 Å². The van der Waals surface area contributed by atoms with Crippen molar-refractivity contribution in [1.29, 1.82) is 0 Å². The van der Waals surface area contributed by atoms with Crippen LogP contribution < -0.4 is 5.32 Å². The molecule has 0 spiro atoms. The SMILES string of the molecule is C#CCNCC(=O)c1ccccc1F. The molecule has 1 aromatic rings. The van der Waals surface area contributed by atoms with E-state index in [1.807, 2.05) is 0 Å². The number of nitrogens with one attached hydrogen (secondary N) is 1. The summed E-state index contributed by atoms with van der Waals surface area (Å²) in [4.78, 5) is 11.4. The molecule has 0 fully saturated rings. The molecule has 0 aliphatic rings. The molecule has 0 unspecified atom stereocenters. The van der Waals surface area contributed by atoms with E-state index >= 15 is 0 Å². The molecule has 0 amide bonds. The third-order valence-corrected chi connectivity index (χ3v) is 1.69. The lowest BCUT2D eigenvalue weighted by atomic mass is 10.1. The van der Waals surface area contributed by atoms with Crippen LogP contribution in [0.3, 0.4) is 0 Å². The molecule has 0 aliphatic carbocycles. The Hall–Kier alpha value is -1.66. The third kappa shape index (κ3) is 2.68. The van der Waals surface area contributed by atoms with Crippen LogP contribution in [0.25, 0.3) is 0 Å². The Balaban J connectivity index is 2.62. The zero-order chi connectivity index (χ0) is 10.4. The Morgan fingerprint density at radius 1 is 1.50 bits per heavy atom. The van der Waals surface area contributed by atoms with Crippen molar-refractivity contribution in [2.75, 3.05) is 13.1 Å². The number of hydrogen-bond acceptors (Lipinski definition) is 2. The maximum Gasteiger partial charge on any atom is 0.179 e. The first kappa shape index (κ1) is 10.4. The Labute approximate surface area is 82.1 Å². The van der Waals surface area contributed by atoms with Crippen LogP contribution in [-0.2, 0) is 0 Å². The molecule has 0 heterocycles. The second kappa shape index (κ2) is 5.15. The molecule has 1 rings (SSSR count). The first-order chi connectivity index (χ1) is 6.75. The van der Waals surface area contributed by atoms with Gasteiger partial charge in [-0.05, 0) is 12.1 Å². The Bertz CT molecular complexity index is 368. The minimum atomic E-state index is -0.500. The van der Waals surface area contributed by atoms with Gasteiger partial charge in [0.05, 0.1) is 18.7 Å². The van der Waals surface area contributed by atoms with Gasteiger partial charge in [-0.25, -0.2) is 4.39 Å². The number of benzene rings is 1. The molecule has 0 aliphatic heterocycles. The lowest BCUT2D eigenvalue weighted by Crippen LogP contribution is -2.23. The molecule has 1 N–H and O–H groups in total. The van der Waals surface area contributed by atoms with Gasteiger partial charge in [-0.1, -0.05) is 18.1 Å². The topological polar surface area (TPSA) is 29.1 Å². The van der Waals surface area contributed by atoms with Crippen molar-refractivity contribution in [3.05, 3.63) is 35.6 Å². The van der Waals surface area contributed by atoms with Crippen LogP contribution in [0.4, 0.5) is 4.39 Å². The van der Waals surface area contributed by atoms with Gasteiger partial charge < -0.3 is 0 Å². The molecule has 0 saturated carbocycles. The Morgan fingerprint density at radius 3 is 2.86 bits per heavy atom. The van der Waals surface area contributed by atoms with Crippen LogP contribution in [0.5, 0.6) is 0 Å². The maximum atomic E-state index is 13.1. The van der Waals surface area contributed by atoms with Gasteiger partial charge in [-0.15, -0.1) is 6.42 Å². The Kier molecular flexibility index (Phi) is 3.84. The second-order valence-corrected chi connectivity index (χ2v) is 2.71. The third-order valence-electron chi connectivity index (χ3n) is 1.69. The number of terminal acetylenes is 1. The lowest BCUT2D eigenvalue weighted by Gasteiger charge is -2.01. The molecule has 0 bridgehead atoms. The molecule has 0 atom stereocenters. The van der Waals surface area contributed by atoms with Crippen LogP contribution in [0, 0.1) is 18.2 Å². The van der Waals surface area contributed by atoms with Crippen molar-refractivity contribution in [2.24, 2.45) is 0 Å². The molecule has 3 heteroatoms. The summed E-state index contributed by atoms with van der Waals surface area (Å²) in [7, 11) is 0. The fraction of sp³-hybridized carbons (Fsp3) is 0.182. The quantitative estimate of drug-likeness (QED) is 0.440. The molecule has 2 nitrogen and oxygen atoms in total. The zero-order valence-corrected chi connectivity index (χ0v) is 7.59. The highest BCUT2D eigenvalue weighted by atomic mass is 19.1. The second-order valence-electron chi connectivity index (χ2n) is 2.71. The van der Waals surface area contributed by atoms with Crippen LogP contribution in [0.15, 0.2) is 24.3 Å². The average Bonchev–Trinajstić information content (AvgIpc) is 2.18. The van der Waals surface area contributed by atoms with E-state index < -0.39 is 5.82 Å². The van der Waals surface area contributed by atoms with Crippen molar-refractivity contribution >= 4 is 5.78 Å². The summed E-state index contributed by atoms with van der Waals surface area (Å²) < 4.78 is 13.1. The molecular weight excluding hydrogens is 181 g/mol. The number of ketones is 1. The van der Waals surface area contributed by atoms with Gasteiger partial charge in [0.1, 0.15) is 5.82 Å². The minimum Gasteiger partial charge on any atom is -0.299 e. The number of rotatable bonds is 4. The maximum absolute atomic E-state index is 13.1. The van der Waals surface area contributed by atoms with Gasteiger partial charge in [0.15, 0.2) is 5.78 Å². The van der Waals surface area contributed by atoms with E-state index in [1.54, 1.807) is 12.1 Å². The molecular formula is C11H10FNO. The summed E-state index contributed by atoms with van der Waals surface area (Å²) in [5, 5.41) is 2.71. The predicted molar refractivity (Wildman–Crippen MR) is 52.4 cm³/mol. The smallest absolute Gasteiger partial charge is 0.179 e. The van der Waals surface area contributed by atoms with E-state index in [0.717, 1.165) is 0 Å². The summed E-state index contributed by atoms with van der Waals surface area (Å²) >= 11 is 0. The summed E-state index contributed by atoms with van der Waals surface area (Å²) in [6.45, 7) is 0.366. The fourth-order valence-corrected chi connectivity index (χ4v) is 1.03. The first-order valence-electron chi connectivity index (χ1n) is 4.17. The summed E-state index contributed by atoms with van der Waals surface area (Å²) in [5.74, 6) is 1.54. The number of carbonyl (C=O) groups excluding carboxylic acids is 1. The lowest BCUT2D eigenvalue weighted by molar-refractivity contribution is 0.0988. The molecule has 0 aromatic heterocycles. The molecule has 1 aromatic carbocycles. The van der Waals surface area contributed by atoms with Crippen LogP contribution in [0.1, 0.15) is 10.4 Å². The highest BCUT2D eigenvalue weighted by Gasteiger charge is 2.09. The summed E-state index contributed by atoms with van der Waals surface area (Å²) in [6, 6.07) is 5.88. The van der Waals surface area contributed by atoms with Crippen LogP contribution in [0.2, 0.25) is 0 Å². The van der Waals surface area contributed by atoms with E-state index in [2.05, 4.69) is 11.2 Å². The van der Waals surface area contributed by atoms with Gasteiger partial charge in [0.2, 0.25) is 0 Å². The normalized spacial score (nSPS) is 9.43. The van der Waals surface area contributed by atoms with E-state index in [4.69, 9.17) is 6.42 Å². The molecule has 0 radical (unpaired) electrons. The summed E-state index contributed by atoms with van der Waals surface area (Å²) in [6.07, 6.45) is 4.99. The number of hydrogen-bond donors (Lipinski definition) is 1. The van der Waals surface area contributed by atoms with Gasteiger partial charge in [-0.3, -0.25) is 10.1 Å². The number of carbonyl (C=O) groups is 1. The van der Waals surface area contributed by atoms with Gasteiger partial charge in [-0.2, -0.15) is 0 Å². The average molecular weight is 191 g/mol. The molecule has 72 valence electrons. The van der Waals surface area contributed by atoms with Crippen molar-refractivity contribution in [2.45, 2.75) is 0 Å². The summed E-state index contributed by atoms with van der Waals surface area (Å²) in [5.41, 5.74) is 0.0945. The first-order valence-corrected chi connectivity index (χ1v) is 4.17. The highest BCUT2D eigenvalue weighted by Crippen LogP contribution is 2.06.